The van der Waals surface area contributed by atoms with Gasteiger partial charge < -0.3 is 5.32 Å². The van der Waals surface area contributed by atoms with E-state index in [9.17, 15) is 17.6 Å². The molecule has 112 valence electrons. The summed E-state index contributed by atoms with van der Waals surface area (Å²) in [4.78, 5) is 4.30. The van der Waals surface area contributed by atoms with Crippen molar-refractivity contribution in [1.29, 1.82) is 0 Å². The number of rotatable bonds is 2. The molecule has 0 radical (unpaired) electrons. The fourth-order valence-corrected chi connectivity index (χ4v) is 3.36. The largest absolute Gasteiger partial charge is 0.417 e. The highest BCUT2D eigenvalue weighted by Gasteiger charge is 2.35. The van der Waals surface area contributed by atoms with Crippen LogP contribution in [0.3, 0.4) is 0 Å². The van der Waals surface area contributed by atoms with Crippen molar-refractivity contribution in [3.8, 4) is 10.6 Å². The van der Waals surface area contributed by atoms with Gasteiger partial charge in [0.2, 0.25) is 0 Å². The van der Waals surface area contributed by atoms with Gasteiger partial charge in [-0.25, -0.2) is 9.37 Å². The van der Waals surface area contributed by atoms with E-state index >= 15 is 0 Å². The van der Waals surface area contributed by atoms with Gasteiger partial charge in [-0.1, -0.05) is 0 Å². The van der Waals surface area contributed by atoms with Crippen LogP contribution in [0.2, 0.25) is 0 Å². The second-order valence-electron chi connectivity index (χ2n) is 4.91. The van der Waals surface area contributed by atoms with Crippen molar-refractivity contribution in [2.75, 3.05) is 6.54 Å². The van der Waals surface area contributed by atoms with Crippen LogP contribution in [-0.2, 0) is 6.18 Å². The van der Waals surface area contributed by atoms with Gasteiger partial charge in [0.25, 0.3) is 0 Å². The van der Waals surface area contributed by atoms with Crippen LogP contribution >= 0.6 is 11.3 Å². The minimum Gasteiger partial charge on any atom is -0.309 e. The Balaban J connectivity index is 2.00. The molecule has 1 aliphatic heterocycles. The number of nitrogens with one attached hydrogen (secondary N) is 1. The van der Waals surface area contributed by atoms with E-state index in [-0.39, 0.29) is 16.6 Å². The topological polar surface area (TPSA) is 24.9 Å². The van der Waals surface area contributed by atoms with Crippen LogP contribution in [0.1, 0.15) is 30.1 Å². The molecule has 1 aromatic heterocycles. The van der Waals surface area contributed by atoms with Gasteiger partial charge in [-0.15, -0.1) is 11.3 Å². The molecule has 7 heteroatoms. The van der Waals surface area contributed by atoms with Crippen LogP contribution in [0.4, 0.5) is 17.6 Å². The first-order chi connectivity index (χ1) is 9.95. The van der Waals surface area contributed by atoms with Crippen molar-refractivity contribution in [2.24, 2.45) is 0 Å². The summed E-state index contributed by atoms with van der Waals surface area (Å²) in [6.07, 6.45) is -2.64. The van der Waals surface area contributed by atoms with Gasteiger partial charge in [-0.2, -0.15) is 13.2 Å². The van der Waals surface area contributed by atoms with E-state index < -0.39 is 17.6 Å². The van der Waals surface area contributed by atoms with E-state index in [0.29, 0.717) is 6.07 Å². The lowest BCUT2D eigenvalue weighted by Gasteiger charge is -2.11. The molecule has 0 unspecified atom stereocenters. The Morgan fingerprint density at radius 3 is 2.76 bits per heavy atom. The number of hydrogen-bond donors (Lipinski definition) is 1. The van der Waals surface area contributed by atoms with Gasteiger partial charge >= 0.3 is 6.18 Å². The van der Waals surface area contributed by atoms with Crippen molar-refractivity contribution in [3.63, 3.8) is 0 Å². The molecule has 0 spiro atoms. The van der Waals surface area contributed by atoms with E-state index in [4.69, 9.17) is 0 Å². The molecule has 1 aromatic carbocycles. The van der Waals surface area contributed by atoms with Crippen molar-refractivity contribution >= 4 is 11.3 Å². The maximum absolute atomic E-state index is 13.1. The van der Waals surface area contributed by atoms with Crippen molar-refractivity contribution in [1.82, 2.24) is 10.3 Å². The number of hydrogen-bond acceptors (Lipinski definition) is 3. The second-order valence-corrected chi connectivity index (χ2v) is 5.77. The molecule has 2 nitrogen and oxygen atoms in total. The average Bonchev–Trinajstić information content (AvgIpc) is 3.08. The lowest BCUT2D eigenvalue weighted by Crippen LogP contribution is -2.13. The van der Waals surface area contributed by atoms with E-state index in [1.807, 2.05) is 0 Å². The zero-order valence-corrected chi connectivity index (χ0v) is 11.7. The Hall–Kier alpha value is -1.47. The quantitative estimate of drug-likeness (QED) is 0.831. The lowest BCUT2D eigenvalue weighted by atomic mass is 10.1. The molecule has 3 rings (SSSR count). The molecule has 1 N–H and O–H groups in total. The average molecular weight is 316 g/mol. The molecule has 1 saturated heterocycles. The predicted octanol–water partition coefficient (Wildman–Crippen LogP) is 4.39. The van der Waals surface area contributed by atoms with Gasteiger partial charge in [0, 0.05) is 10.9 Å². The van der Waals surface area contributed by atoms with Crippen molar-refractivity contribution in [3.05, 3.63) is 40.7 Å². The number of benzene rings is 1. The van der Waals surface area contributed by atoms with Gasteiger partial charge in [0.1, 0.15) is 10.8 Å². The SMILES string of the molecule is Fc1ccc(-c2nc([C@@H]3CCCN3)cs2)c(C(F)(F)F)c1. The third-order valence-electron chi connectivity index (χ3n) is 3.46. The summed E-state index contributed by atoms with van der Waals surface area (Å²) in [7, 11) is 0. The summed E-state index contributed by atoms with van der Waals surface area (Å²) in [5.41, 5.74) is -0.300. The third kappa shape index (κ3) is 2.94. The molecule has 0 bridgehead atoms. The third-order valence-corrected chi connectivity index (χ3v) is 4.35. The van der Waals surface area contributed by atoms with E-state index in [2.05, 4.69) is 10.3 Å². The Morgan fingerprint density at radius 2 is 2.10 bits per heavy atom. The zero-order valence-electron chi connectivity index (χ0n) is 10.9. The molecular formula is C14H12F4N2S. The Kier molecular flexibility index (Phi) is 3.71. The number of thiazole rings is 1. The number of halogens is 4. The number of nitrogens with zero attached hydrogens (tertiary/aromatic N) is 1. The Bertz CT molecular complexity index is 645. The van der Waals surface area contributed by atoms with Gasteiger partial charge in [-0.3, -0.25) is 0 Å². The fourth-order valence-electron chi connectivity index (χ4n) is 2.44. The molecule has 1 atom stereocenters. The first kappa shape index (κ1) is 14.5. The Morgan fingerprint density at radius 1 is 1.29 bits per heavy atom. The summed E-state index contributed by atoms with van der Waals surface area (Å²) < 4.78 is 52.2. The van der Waals surface area contributed by atoms with Crippen LogP contribution in [0.5, 0.6) is 0 Å². The van der Waals surface area contributed by atoms with Crippen LogP contribution in [-0.4, -0.2) is 11.5 Å². The molecule has 0 aliphatic carbocycles. The van der Waals surface area contributed by atoms with Crippen LogP contribution < -0.4 is 5.32 Å². The first-order valence-corrected chi connectivity index (χ1v) is 7.39. The van der Waals surface area contributed by atoms with Crippen molar-refractivity contribution < 1.29 is 17.6 Å². The molecule has 21 heavy (non-hydrogen) atoms. The van der Waals surface area contributed by atoms with Gasteiger partial charge in [-0.05, 0) is 37.6 Å². The zero-order chi connectivity index (χ0) is 15.0. The first-order valence-electron chi connectivity index (χ1n) is 6.51. The predicted molar refractivity (Wildman–Crippen MR) is 72.5 cm³/mol. The standard InChI is InChI=1S/C14H12F4N2S/c15-8-3-4-9(10(6-8)14(16,17)18)13-20-12(7-21-13)11-2-1-5-19-11/h3-4,6-7,11,19H,1-2,5H2/t11-/m0/s1. The monoisotopic (exact) mass is 316 g/mol. The fraction of sp³-hybridized carbons (Fsp3) is 0.357. The normalized spacial score (nSPS) is 19.1. The smallest absolute Gasteiger partial charge is 0.309 e. The van der Waals surface area contributed by atoms with E-state index in [1.54, 1.807) is 5.38 Å². The summed E-state index contributed by atoms with van der Waals surface area (Å²) in [5.74, 6) is -0.902. The highest BCUT2D eigenvalue weighted by Crippen LogP contribution is 2.39. The molecule has 2 heterocycles. The molecule has 2 aromatic rings. The molecular weight excluding hydrogens is 304 g/mol. The minimum absolute atomic E-state index is 0.0712. The molecule has 1 aliphatic rings. The van der Waals surface area contributed by atoms with Crippen LogP contribution in [0, 0.1) is 5.82 Å². The second kappa shape index (κ2) is 5.38. The number of aromatic nitrogens is 1. The van der Waals surface area contributed by atoms with Gasteiger partial charge in [0.05, 0.1) is 17.3 Å². The summed E-state index contributed by atoms with van der Waals surface area (Å²) in [6, 6.07) is 2.79. The maximum atomic E-state index is 13.1. The Labute approximate surface area is 122 Å². The lowest BCUT2D eigenvalue weighted by molar-refractivity contribution is -0.137. The van der Waals surface area contributed by atoms with Crippen LogP contribution in [0.25, 0.3) is 10.6 Å². The van der Waals surface area contributed by atoms with Crippen LogP contribution in [0.15, 0.2) is 23.6 Å². The molecule has 0 saturated carbocycles. The highest BCUT2D eigenvalue weighted by atomic mass is 32.1. The maximum Gasteiger partial charge on any atom is 0.417 e. The summed E-state index contributed by atoms with van der Waals surface area (Å²) in [6.45, 7) is 0.891. The molecule has 1 fully saturated rings. The van der Waals surface area contributed by atoms with E-state index in [1.165, 1.54) is 0 Å². The highest BCUT2D eigenvalue weighted by molar-refractivity contribution is 7.13. The summed E-state index contributed by atoms with van der Waals surface area (Å²) in [5, 5.41) is 5.29. The number of alkyl halides is 3. The minimum atomic E-state index is -4.60. The molecule has 0 amide bonds. The summed E-state index contributed by atoms with van der Waals surface area (Å²) >= 11 is 1.15. The van der Waals surface area contributed by atoms with Crippen molar-refractivity contribution in [2.45, 2.75) is 25.1 Å². The van der Waals surface area contributed by atoms with Gasteiger partial charge in [0.15, 0.2) is 0 Å². The van der Waals surface area contributed by atoms with E-state index in [0.717, 1.165) is 48.5 Å².